The zero-order valence-corrected chi connectivity index (χ0v) is 13.0. The van der Waals surface area contributed by atoms with E-state index in [1.165, 1.54) is 0 Å². The molecule has 2 aromatic carbocycles. The van der Waals surface area contributed by atoms with Crippen LogP contribution in [0.4, 0.5) is 11.4 Å². The molecule has 0 aliphatic carbocycles. The summed E-state index contributed by atoms with van der Waals surface area (Å²) in [6.07, 6.45) is 0. The Morgan fingerprint density at radius 2 is 2.05 bits per heavy atom. The number of hydrogen-bond acceptors (Lipinski definition) is 2. The average Bonchev–Trinajstić information content (AvgIpc) is 2.68. The molecule has 102 valence electrons. The zero-order valence-electron chi connectivity index (χ0n) is 10.7. The van der Waals surface area contributed by atoms with Crippen LogP contribution >= 0.6 is 27.5 Å². The van der Waals surface area contributed by atoms with Crippen molar-refractivity contribution in [2.24, 2.45) is 0 Å². The van der Waals surface area contributed by atoms with Crippen LogP contribution in [0, 0.1) is 6.92 Å². The summed E-state index contributed by atoms with van der Waals surface area (Å²) in [5.41, 5.74) is 3.59. The fourth-order valence-electron chi connectivity index (χ4n) is 2.27. The molecule has 2 aromatic rings. The van der Waals surface area contributed by atoms with Crippen molar-refractivity contribution in [1.82, 2.24) is 0 Å². The molecular formula is C15H12BrClN2O. The van der Waals surface area contributed by atoms with E-state index in [-0.39, 0.29) is 5.91 Å². The van der Waals surface area contributed by atoms with Crippen molar-refractivity contribution in [1.29, 1.82) is 0 Å². The molecule has 0 bridgehead atoms. The fourth-order valence-corrected chi connectivity index (χ4v) is 2.92. The van der Waals surface area contributed by atoms with Crippen LogP contribution in [-0.2, 0) is 4.79 Å². The van der Waals surface area contributed by atoms with Crippen molar-refractivity contribution in [2.75, 3.05) is 10.6 Å². The van der Waals surface area contributed by atoms with Crippen LogP contribution in [0.1, 0.15) is 17.2 Å². The van der Waals surface area contributed by atoms with Gasteiger partial charge in [0.2, 0.25) is 0 Å². The first-order chi connectivity index (χ1) is 9.54. The normalized spacial score (nSPS) is 16.8. The molecule has 1 aliphatic rings. The summed E-state index contributed by atoms with van der Waals surface area (Å²) in [6.45, 7) is 1.98. The summed E-state index contributed by atoms with van der Waals surface area (Å²) < 4.78 is 0.936. The van der Waals surface area contributed by atoms with Gasteiger partial charge in [0.1, 0.15) is 6.04 Å². The van der Waals surface area contributed by atoms with E-state index in [4.69, 9.17) is 11.6 Å². The fraction of sp³-hybridized carbons (Fsp3) is 0.133. The highest BCUT2D eigenvalue weighted by atomic mass is 79.9. The number of rotatable bonds is 2. The second kappa shape index (κ2) is 5.11. The van der Waals surface area contributed by atoms with Crippen LogP contribution in [0.2, 0.25) is 5.02 Å². The third-order valence-corrected chi connectivity index (χ3v) is 4.08. The quantitative estimate of drug-likeness (QED) is 0.835. The minimum atomic E-state index is -0.418. The first-order valence-corrected chi connectivity index (χ1v) is 7.35. The SMILES string of the molecule is Cc1ccc(NC2C(=O)Nc3cc(Br)ccc32)c(Cl)c1. The topological polar surface area (TPSA) is 41.1 Å². The molecule has 3 nitrogen and oxygen atoms in total. The smallest absolute Gasteiger partial charge is 0.251 e. The van der Waals surface area contributed by atoms with Crippen molar-refractivity contribution in [3.8, 4) is 0 Å². The van der Waals surface area contributed by atoms with Crippen LogP contribution < -0.4 is 10.6 Å². The standard InChI is InChI=1S/C15H12BrClN2O/c1-8-2-5-12(11(17)6-8)18-14-10-4-3-9(16)7-13(10)19-15(14)20/h2-7,14,18H,1H3,(H,19,20). The van der Waals surface area contributed by atoms with Gasteiger partial charge in [0.15, 0.2) is 0 Å². The van der Waals surface area contributed by atoms with Gasteiger partial charge < -0.3 is 10.6 Å². The Morgan fingerprint density at radius 3 is 2.80 bits per heavy atom. The van der Waals surface area contributed by atoms with Gasteiger partial charge in [0.25, 0.3) is 5.91 Å². The Kier molecular flexibility index (Phi) is 3.44. The van der Waals surface area contributed by atoms with E-state index in [9.17, 15) is 4.79 Å². The summed E-state index contributed by atoms with van der Waals surface area (Å²) in [5, 5.41) is 6.68. The number of fused-ring (bicyclic) bond motifs is 1. The number of anilines is 2. The molecule has 1 aliphatic heterocycles. The maximum atomic E-state index is 12.1. The lowest BCUT2D eigenvalue weighted by atomic mass is 10.1. The predicted molar refractivity (Wildman–Crippen MR) is 85.3 cm³/mol. The van der Waals surface area contributed by atoms with Gasteiger partial charge in [-0.1, -0.05) is 39.7 Å². The maximum Gasteiger partial charge on any atom is 0.251 e. The molecule has 1 unspecified atom stereocenters. The van der Waals surface area contributed by atoms with E-state index in [0.29, 0.717) is 5.02 Å². The molecule has 0 saturated carbocycles. The third kappa shape index (κ3) is 2.41. The van der Waals surface area contributed by atoms with Crippen LogP contribution in [0.5, 0.6) is 0 Å². The summed E-state index contributed by atoms with van der Waals surface area (Å²) in [5.74, 6) is -0.0743. The third-order valence-electron chi connectivity index (χ3n) is 3.27. The second-order valence-corrected chi connectivity index (χ2v) is 6.10. The van der Waals surface area contributed by atoms with Crippen LogP contribution in [-0.4, -0.2) is 5.91 Å². The molecule has 0 aromatic heterocycles. The summed E-state index contributed by atoms with van der Waals surface area (Å²) in [7, 11) is 0. The highest BCUT2D eigenvalue weighted by molar-refractivity contribution is 9.10. The number of amides is 1. The van der Waals surface area contributed by atoms with Crippen molar-refractivity contribution < 1.29 is 4.79 Å². The van der Waals surface area contributed by atoms with Gasteiger partial charge >= 0.3 is 0 Å². The Bertz CT molecular complexity index is 702. The Balaban J connectivity index is 1.94. The van der Waals surface area contributed by atoms with E-state index in [1.54, 1.807) is 0 Å². The number of carbonyl (C=O) groups excluding carboxylic acids is 1. The molecule has 2 N–H and O–H groups in total. The van der Waals surface area contributed by atoms with Crippen LogP contribution in [0.25, 0.3) is 0 Å². The largest absolute Gasteiger partial charge is 0.369 e. The van der Waals surface area contributed by atoms with Crippen LogP contribution in [0.3, 0.4) is 0 Å². The number of nitrogens with one attached hydrogen (secondary N) is 2. The molecule has 0 spiro atoms. The number of carbonyl (C=O) groups is 1. The van der Waals surface area contributed by atoms with Gasteiger partial charge in [0, 0.05) is 15.7 Å². The average molecular weight is 352 g/mol. The van der Waals surface area contributed by atoms with Crippen molar-refractivity contribution >= 4 is 44.8 Å². The number of halogens is 2. The van der Waals surface area contributed by atoms with E-state index in [2.05, 4.69) is 26.6 Å². The molecule has 5 heteroatoms. The lowest BCUT2D eigenvalue weighted by Crippen LogP contribution is -2.19. The van der Waals surface area contributed by atoms with Gasteiger partial charge in [-0.25, -0.2) is 0 Å². The predicted octanol–water partition coefficient (Wildman–Crippen LogP) is 4.52. The Hall–Kier alpha value is -1.52. The van der Waals surface area contributed by atoms with Gasteiger partial charge in [-0.2, -0.15) is 0 Å². The second-order valence-electron chi connectivity index (χ2n) is 4.78. The minimum absolute atomic E-state index is 0.0743. The molecule has 1 atom stereocenters. The van der Waals surface area contributed by atoms with Crippen molar-refractivity contribution in [3.63, 3.8) is 0 Å². The number of aryl methyl sites for hydroxylation is 1. The van der Waals surface area contributed by atoms with Crippen molar-refractivity contribution in [2.45, 2.75) is 13.0 Å². The molecule has 1 heterocycles. The number of hydrogen-bond donors (Lipinski definition) is 2. The summed E-state index contributed by atoms with van der Waals surface area (Å²) in [6, 6.07) is 11.1. The lowest BCUT2D eigenvalue weighted by molar-refractivity contribution is -0.116. The summed E-state index contributed by atoms with van der Waals surface area (Å²) >= 11 is 9.60. The molecule has 0 saturated heterocycles. The van der Waals surface area contributed by atoms with Gasteiger partial charge in [-0.15, -0.1) is 0 Å². The highest BCUT2D eigenvalue weighted by Crippen LogP contribution is 2.36. The highest BCUT2D eigenvalue weighted by Gasteiger charge is 2.30. The number of benzene rings is 2. The van der Waals surface area contributed by atoms with E-state index in [1.807, 2.05) is 43.3 Å². The zero-order chi connectivity index (χ0) is 14.3. The molecule has 20 heavy (non-hydrogen) atoms. The Morgan fingerprint density at radius 1 is 1.25 bits per heavy atom. The van der Waals surface area contributed by atoms with Gasteiger partial charge in [0.05, 0.1) is 10.7 Å². The molecular weight excluding hydrogens is 340 g/mol. The molecule has 3 rings (SSSR count). The van der Waals surface area contributed by atoms with E-state index in [0.717, 1.165) is 27.0 Å². The first kappa shape index (κ1) is 13.5. The van der Waals surface area contributed by atoms with E-state index >= 15 is 0 Å². The first-order valence-electron chi connectivity index (χ1n) is 6.17. The Labute approximate surface area is 130 Å². The molecule has 1 amide bonds. The maximum absolute atomic E-state index is 12.1. The molecule has 0 radical (unpaired) electrons. The summed E-state index contributed by atoms with van der Waals surface area (Å²) in [4.78, 5) is 12.1. The monoisotopic (exact) mass is 350 g/mol. The lowest BCUT2D eigenvalue weighted by Gasteiger charge is -2.14. The van der Waals surface area contributed by atoms with Gasteiger partial charge in [-0.05, 0) is 36.8 Å². The van der Waals surface area contributed by atoms with Gasteiger partial charge in [-0.3, -0.25) is 4.79 Å². The minimum Gasteiger partial charge on any atom is -0.369 e. The van der Waals surface area contributed by atoms with Crippen LogP contribution in [0.15, 0.2) is 40.9 Å². The van der Waals surface area contributed by atoms with Crippen molar-refractivity contribution in [3.05, 3.63) is 57.0 Å². The molecule has 0 fully saturated rings. The van der Waals surface area contributed by atoms with E-state index < -0.39 is 6.04 Å².